The van der Waals surface area contributed by atoms with Crippen molar-refractivity contribution in [2.75, 3.05) is 38.1 Å². The zero-order valence-corrected chi connectivity index (χ0v) is 28.4. The lowest BCUT2D eigenvalue weighted by molar-refractivity contribution is 0.0933. The molecule has 0 aliphatic carbocycles. The predicted octanol–water partition coefficient (Wildman–Crippen LogP) is 5.90. The number of hydrogen-bond donors (Lipinski definition) is 2. The van der Waals surface area contributed by atoms with Crippen LogP contribution in [-0.2, 0) is 26.7 Å². The Morgan fingerprint density at radius 1 is 1.00 bits per heavy atom. The van der Waals surface area contributed by atoms with Crippen LogP contribution in [0.2, 0.25) is 0 Å². The van der Waals surface area contributed by atoms with Crippen molar-refractivity contribution in [1.29, 1.82) is 0 Å². The molecule has 2 aromatic carbocycles. The fourth-order valence-corrected chi connectivity index (χ4v) is 10.1. The van der Waals surface area contributed by atoms with Gasteiger partial charge in [0.25, 0.3) is 5.91 Å². The topological polar surface area (TPSA) is 121 Å². The second-order valence-corrected chi connectivity index (χ2v) is 16.5. The van der Waals surface area contributed by atoms with Gasteiger partial charge < -0.3 is 20.3 Å². The van der Waals surface area contributed by atoms with Gasteiger partial charge in [0.2, 0.25) is 10.0 Å². The van der Waals surface area contributed by atoms with Gasteiger partial charge in [-0.2, -0.15) is 4.31 Å². The minimum absolute atomic E-state index is 0.0976. The Hall–Kier alpha value is -3.36. The molecule has 238 valence electrons. The Morgan fingerprint density at radius 3 is 2.36 bits per heavy atom. The maximum Gasteiger partial charge on any atom is 0.409 e. The Bertz CT molecular complexity index is 1840. The lowest BCUT2D eigenvalue weighted by Crippen LogP contribution is -2.54. The summed E-state index contributed by atoms with van der Waals surface area (Å²) < 4.78 is 34.2. The van der Waals surface area contributed by atoms with Crippen LogP contribution in [0.5, 0.6) is 0 Å². The van der Waals surface area contributed by atoms with Crippen molar-refractivity contribution in [3.05, 3.63) is 64.5 Å². The SMILES string of the molecule is CCOC(=O)N1CCN(S(=O)(=O)c2ccc(C(=O)Nc3sc4c(c3-c3nc5ccccc5s3)CC(C)(C)NC4(C)C)cc2)CC1. The summed E-state index contributed by atoms with van der Waals surface area (Å²) in [5, 5.41) is 8.49. The molecule has 0 radical (unpaired) electrons. The van der Waals surface area contributed by atoms with Gasteiger partial charge in [0.05, 0.1) is 21.7 Å². The molecule has 0 bridgehead atoms. The summed E-state index contributed by atoms with van der Waals surface area (Å²) in [4.78, 5) is 33.4. The van der Waals surface area contributed by atoms with E-state index in [1.54, 1.807) is 29.6 Å². The highest BCUT2D eigenvalue weighted by molar-refractivity contribution is 7.89. The molecule has 4 aromatic rings. The van der Waals surface area contributed by atoms with Gasteiger partial charge in [0, 0.05) is 53.3 Å². The molecule has 2 aliphatic heterocycles. The quantitative estimate of drug-likeness (QED) is 0.263. The van der Waals surface area contributed by atoms with Crippen molar-refractivity contribution in [3.8, 4) is 10.6 Å². The van der Waals surface area contributed by atoms with Crippen LogP contribution in [0.3, 0.4) is 0 Å². The van der Waals surface area contributed by atoms with Gasteiger partial charge in [-0.3, -0.25) is 4.79 Å². The largest absolute Gasteiger partial charge is 0.450 e. The zero-order chi connectivity index (χ0) is 32.1. The number of ether oxygens (including phenoxy) is 1. The molecule has 2 N–H and O–H groups in total. The van der Waals surface area contributed by atoms with Gasteiger partial charge in [-0.1, -0.05) is 12.1 Å². The highest BCUT2D eigenvalue weighted by Crippen LogP contribution is 2.50. The molecule has 2 aromatic heterocycles. The number of aromatic nitrogens is 1. The number of para-hydroxylation sites is 1. The minimum atomic E-state index is -3.80. The Balaban J connectivity index is 1.26. The van der Waals surface area contributed by atoms with Crippen molar-refractivity contribution < 1.29 is 22.7 Å². The third-order valence-electron chi connectivity index (χ3n) is 8.10. The van der Waals surface area contributed by atoms with Gasteiger partial charge in [-0.25, -0.2) is 18.2 Å². The monoisotopic (exact) mass is 667 g/mol. The predicted molar refractivity (Wildman–Crippen MR) is 179 cm³/mol. The molecule has 4 heterocycles. The summed E-state index contributed by atoms with van der Waals surface area (Å²) in [5.74, 6) is -0.326. The van der Waals surface area contributed by atoms with E-state index in [9.17, 15) is 18.0 Å². The number of benzene rings is 2. The average molecular weight is 668 g/mol. The lowest BCUT2D eigenvalue weighted by Gasteiger charge is -2.42. The molecule has 0 atom stereocenters. The van der Waals surface area contributed by atoms with Crippen molar-refractivity contribution in [1.82, 2.24) is 19.5 Å². The number of nitrogens with zero attached hydrogens (tertiary/aromatic N) is 3. The number of fused-ring (bicyclic) bond motifs is 2. The zero-order valence-electron chi connectivity index (χ0n) is 26.0. The molecule has 10 nitrogen and oxygen atoms in total. The number of hydrogen-bond acceptors (Lipinski definition) is 9. The molecule has 45 heavy (non-hydrogen) atoms. The molecule has 2 amide bonds. The second-order valence-electron chi connectivity index (χ2n) is 12.5. The first kappa shape index (κ1) is 31.6. The van der Waals surface area contributed by atoms with E-state index in [4.69, 9.17) is 9.72 Å². The van der Waals surface area contributed by atoms with E-state index >= 15 is 0 Å². The minimum Gasteiger partial charge on any atom is -0.450 e. The Kier molecular flexibility index (Phi) is 8.27. The summed E-state index contributed by atoms with van der Waals surface area (Å²) in [6, 6.07) is 14.0. The molecule has 2 aliphatic rings. The number of nitrogens with one attached hydrogen (secondary N) is 2. The molecule has 0 spiro atoms. The number of carbonyl (C=O) groups excluding carboxylic acids is 2. The van der Waals surface area contributed by atoms with Gasteiger partial charge in [-0.15, -0.1) is 22.7 Å². The van der Waals surface area contributed by atoms with Crippen LogP contribution >= 0.6 is 22.7 Å². The average Bonchev–Trinajstić information content (AvgIpc) is 3.57. The van der Waals surface area contributed by atoms with Crippen molar-refractivity contribution in [2.45, 2.75) is 57.0 Å². The number of sulfonamides is 1. The number of carbonyl (C=O) groups is 2. The summed E-state index contributed by atoms with van der Waals surface area (Å²) in [6.45, 7) is 11.5. The van der Waals surface area contributed by atoms with Crippen molar-refractivity contribution in [3.63, 3.8) is 0 Å². The number of thiophene rings is 1. The molecule has 1 saturated heterocycles. The summed E-state index contributed by atoms with van der Waals surface area (Å²) in [7, 11) is -3.80. The molecule has 1 fully saturated rings. The molecular formula is C32H37N5O5S3. The van der Waals surface area contributed by atoms with Crippen LogP contribution in [-0.4, -0.2) is 72.9 Å². The van der Waals surface area contributed by atoms with E-state index in [1.807, 2.05) is 18.2 Å². The van der Waals surface area contributed by atoms with Crippen LogP contribution in [0.1, 0.15) is 55.4 Å². The number of thiazole rings is 1. The molecule has 0 unspecified atom stereocenters. The summed E-state index contributed by atoms with van der Waals surface area (Å²) in [6.07, 6.45) is 0.343. The first-order chi connectivity index (χ1) is 21.3. The maximum atomic E-state index is 13.6. The highest BCUT2D eigenvalue weighted by Gasteiger charge is 2.41. The third kappa shape index (κ3) is 6.11. The fraction of sp³-hybridized carbons (Fsp3) is 0.406. The normalized spacial score (nSPS) is 18.0. The smallest absolute Gasteiger partial charge is 0.409 e. The van der Waals surface area contributed by atoms with Gasteiger partial charge in [-0.05, 0) is 83.0 Å². The van der Waals surface area contributed by atoms with Crippen LogP contribution in [0.4, 0.5) is 9.80 Å². The van der Waals surface area contributed by atoms with E-state index in [-0.39, 0.29) is 54.7 Å². The molecule has 13 heteroatoms. The maximum absolute atomic E-state index is 13.6. The van der Waals surface area contributed by atoms with Crippen molar-refractivity contribution >= 4 is 59.9 Å². The second kappa shape index (κ2) is 11.8. The third-order valence-corrected chi connectivity index (χ3v) is 12.5. The van der Waals surface area contributed by atoms with Gasteiger partial charge in [0.15, 0.2) is 0 Å². The standard InChI is InChI=1S/C32H37N5O5S3/c1-6-42-30(39)36-15-17-37(18-16-36)45(40,41)21-13-11-20(12-14-21)27(38)34-29-25(28-33-23-9-7-8-10-24(23)43-28)22-19-31(2,3)35-32(4,5)26(22)44-29/h7-14,35H,6,15-19H2,1-5H3,(H,34,38). The van der Waals surface area contributed by atoms with E-state index < -0.39 is 16.1 Å². The fourth-order valence-electron chi connectivity index (χ4n) is 6.25. The summed E-state index contributed by atoms with van der Waals surface area (Å²) >= 11 is 3.17. The van der Waals surface area contributed by atoms with Gasteiger partial charge in [0.1, 0.15) is 10.0 Å². The van der Waals surface area contributed by atoms with Crippen LogP contribution in [0, 0.1) is 0 Å². The lowest BCUT2D eigenvalue weighted by atomic mass is 9.81. The number of amides is 2. The van der Waals surface area contributed by atoms with Crippen LogP contribution in [0.15, 0.2) is 53.4 Å². The van der Waals surface area contributed by atoms with Gasteiger partial charge >= 0.3 is 6.09 Å². The van der Waals surface area contributed by atoms with E-state index in [1.165, 1.54) is 39.0 Å². The van der Waals surface area contributed by atoms with Crippen LogP contribution in [0.25, 0.3) is 20.8 Å². The van der Waals surface area contributed by atoms with Crippen LogP contribution < -0.4 is 10.6 Å². The first-order valence-electron chi connectivity index (χ1n) is 14.9. The van der Waals surface area contributed by atoms with E-state index in [0.29, 0.717) is 5.56 Å². The number of piperazine rings is 1. The van der Waals surface area contributed by atoms with E-state index in [2.05, 4.69) is 44.4 Å². The Morgan fingerprint density at radius 2 is 1.69 bits per heavy atom. The highest BCUT2D eigenvalue weighted by atomic mass is 32.2. The number of anilines is 1. The first-order valence-corrected chi connectivity index (χ1v) is 18.0. The molecular weight excluding hydrogens is 631 g/mol. The molecule has 0 saturated carbocycles. The Labute approximate surface area is 271 Å². The summed E-state index contributed by atoms with van der Waals surface area (Å²) in [5.41, 5.74) is 2.94. The molecule has 6 rings (SSSR count). The number of rotatable bonds is 6. The van der Waals surface area contributed by atoms with E-state index in [0.717, 1.165) is 37.1 Å². The van der Waals surface area contributed by atoms with Crippen molar-refractivity contribution in [2.24, 2.45) is 0 Å².